The van der Waals surface area contributed by atoms with Crippen LogP contribution in [-0.4, -0.2) is 41.5 Å². The van der Waals surface area contributed by atoms with E-state index in [1.165, 1.54) is 18.2 Å². The lowest BCUT2D eigenvalue weighted by molar-refractivity contribution is -0.274. The van der Waals surface area contributed by atoms with Gasteiger partial charge >= 0.3 is 12.4 Å². The van der Waals surface area contributed by atoms with Gasteiger partial charge in [0.25, 0.3) is 0 Å². The highest BCUT2D eigenvalue weighted by molar-refractivity contribution is 5.91. The van der Waals surface area contributed by atoms with Crippen LogP contribution in [0.5, 0.6) is 5.75 Å². The van der Waals surface area contributed by atoms with Crippen molar-refractivity contribution in [1.82, 2.24) is 15.3 Å². The Bertz CT molecular complexity index is 765. The highest BCUT2D eigenvalue weighted by atomic mass is 19.4. The summed E-state index contributed by atoms with van der Waals surface area (Å²) in [6.45, 7) is 1.38. The number of ether oxygens (including phenoxy) is 1. The molecule has 2 amide bonds. The molecular formula is C17H18F3N5O2. The quantitative estimate of drug-likeness (QED) is 0.851. The van der Waals surface area contributed by atoms with E-state index in [1.54, 1.807) is 18.6 Å². The van der Waals surface area contributed by atoms with Crippen molar-refractivity contribution in [3.8, 4) is 5.75 Å². The number of para-hydroxylation sites is 2. The van der Waals surface area contributed by atoms with Crippen LogP contribution in [0.2, 0.25) is 0 Å². The summed E-state index contributed by atoms with van der Waals surface area (Å²) in [6.07, 6.45) is 1.44. The SMILES string of the molecule is O=C(Nc1ccccc1OC(F)(F)F)NC1CCN(c2cnccn2)CC1. The fraction of sp³-hybridized carbons (Fsp3) is 0.353. The maximum absolute atomic E-state index is 12.4. The number of amides is 2. The number of urea groups is 1. The molecule has 2 N–H and O–H groups in total. The van der Waals surface area contributed by atoms with Crippen LogP contribution in [0, 0.1) is 0 Å². The first-order valence-electron chi connectivity index (χ1n) is 8.34. The number of aromatic nitrogens is 2. The number of benzene rings is 1. The van der Waals surface area contributed by atoms with Gasteiger partial charge in [-0.25, -0.2) is 9.78 Å². The Balaban J connectivity index is 1.52. The van der Waals surface area contributed by atoms with Gasteiger partial charge in [0.05, 0.1) is 11.9 Å². The van der Waals surface area contributed by atoms with Gasteiger partial charge in [0.1, 0.15) is 5.82 Å². The van der Waals surface area contributed by atoms with Crippen LogP contribution in [0.4, 0.5) is 29.5 Å². The van der Waals surface area contributed by atoms with Crippen molar-refractivity contribution in [2.75, 3.05) is 23.3 Å². The van der Waals surface area contributed by atoms with E-state index in [2.05, 4.69) is 30.2 Å². The molecule has 1 saturated heterocycles. The number of nitrogens with zero attached hydrogens (tertiary/aromatic N) is 3. The lowest BCUT2D eigenvalue weighted by atomic mass is 10.1. The largest absolute Gasteiger partial charge is 0.573 e. The minimum Gasteiger partial charge on any atom is -0.404 e. The molecule has 10 heteroatoms. The van der Waals surface area contributed by atoms with E-state index in [0.29, 0.717) is 25.9 Å². The Hall–Kier alpha value is -3.04. The van der Waals surface area contributed by atoms with Crippen LogP contribution < -0.4 is 20.3 Å². The number of hydrogen-bond acceptors (Lipinski definition) is 5. The van der Waals surface area contributed by atoms with Crippen LogP contribution in [0.1, 0.15) is 12.8 Å². The van der Waals surface area contributed by atoms with Gasteiger partial charge in [-0.3, -0.25) is 4.98 Å². The summed E-state index contributed by atoms with van der Waals surface area (Å²) in [5, 5.41) is 5.19. The van der Waals surface area contributed by atoms with Crippen molar-refractivity contribution in [1.29, 1.82) is 0 Å². The van der Waals surface area contributed by atoms with E-state index in [-0.39, 0.29) is 11.7 Å². The molecule has 0 atom stereocenters. The van der Waals surface area contributed by atoms with Crippen LogP contribution in [0.3, 0.4) is 0 Å². The number of carbonyl (C=O) groups is 1. The second-order valence-corrected chi connectivity index (χ2v) is 5.97. The molecular weight excluding hydrogens is 363 g/mol. The van der Waals surface area contributed by atoms with Crippen molar-refractivity contribution in [2.45, 2.75) is 25.2 Å². The Kier molecular flexibility index (Phi) is 5.63. The maximum Gasteiger partial charge on any atom is 0.573 e. The van der Waals surface area contributed by atoms with Crippen molar-refractivity contribution < 1.29 is 22.7 Å². The number of nitrogens with one attached hydrogen (secondary N) is 2. The van der Waals surface area contributed by atoms with Crippen molar-refractivity contribution in [3.63, 3.8) is 0 Å². The van der Waals surface area contributed by atoms with Crippen molar-refractivity contribution >= 4 is 17.5 Å². The molecule has 7 nitrogen and oxygen atoms in total. The molecule has 2 heterocycles. The first-order chi connectivity index (χ1) is 12.9. The number of piperidine rings is 1. The molecule has 144 valence electrons. The molecule has 1 aromatic carbocycles. The van der Waals surface area contributed by atoms with Crippen LogP contribution >= 0.6 is 0 Å². The first kappa shape index (κ1) is 18.7. The zero-order valence-electron chi connectivity index (χ0n) is 14.2. The minimum atomic E-state index is -4.83. The second-order valence-electron chi connectivity index (χ2n) is 5.97. The molecule has 2 aromatic rings. The summed E-state index contributed by atoms with van der Waals surface area (Å²) < 4.78 is 41.3. The Morgan fingerprint density at radius 2 is 1.93 bits per heavy atom. The average Bonchev–Trinajstić information content (AvgIpc) is 2.63. The summed E-state index contributed by atoms with van der Waals surface area (Å²) in [5.74, 6) is 0.316. The third kappa shape index (κ3) is 5.47. The summed E-state index contributed by atoms with van der Waals surface area (Å²) >= 11 is 0. The molecule has 0 radical (unpaired) electrons. The predicted molar refractivity (Wildman–Crippen MR) is 92.5 cm³/mol. The summed E-state index contributed by atoms with van der Waals surface area (Å²) in [4.78, 5) is 22.5. The highest BCUT2D eigenvalue weighted by Crippen LogP contribution is 2.29. The first-order valence-corrected chi connectivity index (χ1v) is 8.34. The van der Waals surface area contributed by atoms with Crippen LogP contribution in [-0.2, 0) is 0 Å². The van der Waals surface area contributed by atoms with Crippen LogP contribution in [0.15, 0.2) is 42.9 Å². The molecule has 0 spiro atoms. The Morgan fingerprint density at radius 1 is 1.19 bits per heavy atom. The highest BCUT2D eigenvalue weighted by Gasteiger charge is 2.32. The molecule has 0 saturated carbocycles. The van der Waals surface area contributed by atoms with E-state index in [4.69, 9.17) is 0 Å². The van der Waals surface area contributed by atoms with Gasteiger partial charge in [0.15, 0.2) is 5.75 Å². The molecule has 1 fully saturated rings. The third-order valence-electron chi connectivity index (χ3n) is 4.06. The van der Waals surface area contributed by atoms with E-state index in [1.807, 2.05) is 0 Å². The normalized spacial score (nSPS) is 15.3. The van der Waals surface area contributed by atoms with Gasteiger partial charge in [-0.2, -0.15) is 0 Å². The Labute approximate surface area is 153 Å². The van der Waals surface area contributed by atoms with Crippen LogP contribution in [0.25, 0.3) is 0 Å². The van der Waals surface area contributed by atoms with Gasteiger partial charge in [-0.1, -0.05) is 12.1 Å². The summed E-state index contributed by atoms with van der Waals surface area (Å²) in [5.41, 5.74) is -0.0516. The molecule has 3 rings (SSSR count). The molecule has 1 aliphatic rings. The smallest absolute Gasteiger partial charge is 0.404 e. The number of halogens is 3. The number of anilines is 2. The number of rotatable bonds is 4. The summed E-state index contributed by atoms with van der Waals surface area (Å²) in [6, 6.07) is 4.73. The van der Waals surface area contributed by atoms with Gasteiger partial charge in [-0.05, 0) is 25.0 Å². The lowest BCUT2D eigenvalue weighted by Crippen LogP contribution is -2.46. The summed E-state index contributed by atoms with van der Waals surface area (Å²) in [7, 11) is 0. The van der Waals surface area contributed by atoms with E-state index < -0.39 is 18.1 Å². The molecule has 1 aliphatic heterocycles. The van der Waals surface area contributed by atoms with Gasteiger partial charge in [0.2, 0.25) is 0 Å². The van der Waals surface area contributed by atoms with E-state index in [9.17, 15) is 18.0 Å². The third-order valence-corrected chi connectivity index (χ3v) is 4.06. The zero-order valence-corrected chi connectivity index (χ0v) is 14.2. The van der Waals surface area contributed by atoms with Gasteiger partial charge in [-0.15, -0.1) is 13.2 Å². The van der Waals surface area contributed by atoms with Crippen molar-refractivity contribution in [3.05, 3.63) is 42.9 Å². The fourth-order valence-corrected chi connectivity index (χ4v) is 2.83. The average molecular weight is 381 g/mol. The zero-order chi connectivity index (χ0) is 19.3. The molecule has 27 heavy (non-hydrogen) atoms. The van der Waals surface area contributed by atoms with E-state index in [0.717, 1.165) is 11.9 Å². The number of alkyl halides is 3. The molecule has 1 aromatic heterocycles. The van der Waals surface area contributed by atoms with Gasteiger partial charge < -0.3 is 20.3 Å². The van der Waals surface area contributed by atoms with Crippen molar-refractivity contribution in [2.24, 2.45) is 0 Å². The maximum atomic E-state index is 12.4. The molecule has 0 aliphatic carbocycles. The van der Waals surface area contributed by atoms with Gasteiger partial charge in [0, 0.05) is 31.5 Å². The van der Waals surface area contributed by atoms with E-state index >= 15 is 0 Å². The fourth-order valence-electron chi connectivity index (χ4n) is 2.83. The standard InChI is InChI=1S/C17H18F3N5O2/c18-17(19,20)27-14-4-2-1-3-13(14)24-16(26)23-12-5-9-25(10-6-12)15-11-21-7-8-22-15/h1-4,7-8,11-12H,5-6,9-10H2,(H2,23,24,26). The number of carbonyl (C=O) groups excluding carboxylic acids is 1. The molecule has 0 bridgehead atoms. The predicted octanol–water partition coefficient (Wildman–Crippen LogP) is 3.17. The Morgan fingerprint density at radius 3 is 2.59 bits per heavy atom. The number of hydrogen-bond donors (Lipinski definition) is 2. The second kappa shape index (κ2) is 8.11. The molecule has 0 unspecified atom stereocenters. The monoisotopic (exact) mass is 381 g/mol. The minimum absolute atomic E-state index is 0.0516. The topological polar surface area (TPSA) is 79.4 Å². The lowest BCUT2D eigenvalue weighted by Gasteiger charge is -2.32.